The molecule has 0 radical (unpaired) electrons. The highest BCUT2D eigenvalue weighted by molar-refractivity contribution is 5.94. The van der Waals surface area contributed by atoms with Crippen LogP contribution in [0.2, 0.25) is 0 Å². The summed E-state index contributed by atoms with van der Waals surface area (Å²) in [4.78, 5) is 14.7. The van der Waals surface area contributed by atoms with Gasteiger partial charge in [-0.15, -0.1) is 10.2 Å². The predicted octanol–water partition coefficient (Wildman–Crippen LogP) is 2.53. The molecule has 3 rings (SSSR count). The van der Waals surface area contributed by atoms with Crippen molar-refractivity contribution >= 4 is 5.91 Å². The lowest BCUT2D eigenvalue weighted by molar-refractivity contribution is 0.0689. The van der Waals surface area contributed by atoms with Crippen LogP contribution in [-0.2, 0) is 13.5 Å². The van der Waals surface area contributed by atoms with E-state index in [4.69, 9.17) is 0 Å². The number of carbonyl (C=O) groups is 1. The van der Waals surface area contributed by atoms with Crippen LogP contribution >= 0.6 is 0 Å². The molecule has 0 bridgehead atoms. The van der Waals surface area contributed by atoms with Crippen LogP contribution in [0.15, 0.2) is 24.5 Å². The van der Waals surface area contributed by atoms with Crippen LogP contribution in [0.4, 0.5) is 0 Å². The summed E-state index contributed by atoms with van der Waals surface area (Å²) in [5.41, 5.74) is 3.10. The summed E-state index contributed by atoms with van der Waals surface area (Å²) in [6.45, 7) is 5.73. The van der Waals surface area contributed by atoms with Crippen molar-refractivity contribution in [3.05, 3.63) is 47.0 Å². The first-order valence-corrected chi connectivity index (χ1v) is 8.23. The van der Waals surface area contributed by atoms with Crippen molar-refractivity contribution in [3.8, 4) is 0 Å². The molecule has 1 fully saturated rings. The van der Waals surface area contributed by atoms with Gasteiger partial charge in [-0.1, -0.05) is 17.2 Å². The van der Waals surface area contributed by atoms with E-state index in [2.05, 4.69) is 16.3 Å². The Morgan fingerprint density at radius 3 is 2.39 bits per heavy atom. The minimum absolute atomic E-state index is 0.161. The minimum atomic E-state index is 0.161. The molecule has 1 aromatic carbocycles. The van der Waals surface area contributed by atoms with Gasteiger partial charge in [0.1, 0.15) is 12.2 Å². The Bertz CT molecular complexity index is 679. The number of carbonyl (C=O) groups excluding carboxylic acids is 1. The van der Waals surface area contributed by atoms with E-state index in [0.29, 0.717) is 5.92 Å². The second kappa shape index (κ2) is 6.52. The first kappa shape index (κ1) is 15.7. The Labute approximate surface area is 137 Å². The first-order valence-electron chi connectivity index (χ1n) is 8.23. The lowest BCUT2D eigenvalue weighted by Crippen LogP contribution is -2.39. The molecule has 23 heavy (non-hydrogen) atoms. The number of amides is 1. The smallest absolute Gasteiger partial charge is 0.253 e. The zero-order chi connectivity index (χ0) is 16.4. The zero-order valence-electron chi connectivity index (χ0n) is 14.1. The number of hydrogen-bond donors (Lipinski definition) is 0. The summed E-state index contributed by atoms with van der Waals surface area (Å²) in [6, 6.07) is 6.08. The molecule has 0 atom stereocenters. The molecule has 1 amide bonds. The molecule has 1 saturated heterocycles. The van der Waals surface area contributed by atoms with Gasteiger partial charge in [-0.05, 0) is 44.7 Å². The average molecular weight is 312 g/mol. The van der Waals surface area contributed by atoms with Gasteiger partial charge in [0, 0.05) is 32.1 Å². The number of rotatable bonds is 3. The SMILES string of the molecule is Cc1cc(C)cc(C(=O)N2CCC(Cc3nncn3C)CC2)c1. The molecule has 0 aliphatic carbocycles. The average Bonchev–Trinajstić information content (AvgIpc) is 2.91. The van der Waals surface area contributed by atoms with Crippen molar-refractivity contribution in [2.24, 2.45) is 13.0 Å². The molecule has 122 valence electrons. The van der Waals surface area contributed by atoms with Crippen molar-refractivity contribution < 1.29 is 4.79 Å². The van der Waals surface area contributed by atoms with E-state index in [1.54, 1.807) is 6.33 Å². The van der Waals surface area contributed by atoms with Crippen LogP contribution in [0.25, 0.3) is 0 Å². The third-order valence-electron chi connectivity index (χ3n) is 4.65. The zero-order valence-corrected chi connectivity index (χ0v) is 14.1. The van der Waals surface area contributed by atoms with Gasteiger partial charge < -0.3 is 9.47 Å². The monoisotopic (exact) mass is 312 g/mol. The Hall–Kier alpha value is -2.17. The van der Waals surface area contributed by atoms with Gasteiger partial charge in [0.25, 0.3) is 5.91 Å². The molecule has 2 aromatic rings. The van der Waals surface area contributed by atoms with Gasteiger partial charge in [0.2, 0.25) is 0 Å². The molecule has 0 N–H and O–H groups in total. The van der Waals surface area contributed by atoms with E-state index in [1.807, 2.05) is 42.5 Å². The summed E-state index contributed by atoms with van der Waals surface area (Å²) in [6.07, 6.45) is 4.75. The summed E-state index contributed by atoms with van der Waals surface area (Å²) < 4.78 is 1.98. The lowest BCUT2D eigenvalue weighted by atomic mass is 9.92. The van der Waals surface area contributed by atoms with Gasteiger partial charge >= 0.3 is 0 Å². The molecule has 5 heteroatoms. The maximum atomic E-state index is 12.7. The Morgan fingerprint density at radius 2 is 1.83 bits per heavy atom. The molecule has 1 aliphatic rings. The van der Waals surface area contributed by atoms with E-state index in [9.17, 15) is 4.79 Å². The Kier molecular flexibility index (Phi) is 4.46. The molecule has 0 spiro atoms. The highest BCUT2D eigenvalue weighted by Crippen LogP contribution is 2.22. The largest absolute Gasteiger partial charge is 0.339 e. The minimum Gasteiger partial charge on any atom is -0.339 e. The second-order valence-electron chi connectivity index (χ2n) is 6.67. The van der Waals surface area contributed by atoms with E-state index < -0.39 is 0 Å². The number of nitrogens with zero attached hydrogens (tertiary/aromatic N) is 4. The van der Waals surface area contributed by atoms with E-state index in [-0.39, 0.29) is 5.91 Å². The lowest BCUT2D eigenvalue weighted by Gasteiger charge is -2.32. The molecular weight excluding hydrogens is 288 g/mol. The van der Waals surface area contributed by atoms with Crippen LogP contribution in [0, 0.1) is 19.8 Å². The van der Waals surface area contributed by atoms with Crippen molar-refractivity contribution in [1.82, 2.24) is 19.7 Å². The number of aryl methyl sites for hydroxylation is 3. The molecular formula is C18H24N4O. The van der Waals surface area contributed by atoms with Crippen molar-refractivity contribution in [2.75, 3.05) is 13.1 Å². The van der Waals surface area contributed by atoms with E-state index in [0.717, 1.165) is 54.9 Å². The van der Waals surface area contributed by atoms with Crippen LogP contribution < -0.4 is 0 Å². The number of aromatic nitrogens is 3. The van der Waals surface area contributed by atoms with Gasteiger partial charge in [0.05, 0.1) is 0 Å². The van der Waals surface area contributed by atoms with Crippen molar-refractivity contribution in [3.63, 3.8) is 0 Å². The Morgan fingerprint density at radius 1 is 1.17 bits per heavy atom. The van der Waals surface area contributed by atoms with Crippen LogP contribution in [-0.4, -0.2) is 38.7 Å². The summed E-state index contributed by atoms with van der Waals surface area (Å²) in [7, 11) is 1.98. The second-order valence-corrected chi connectivity index (χ2v) is 6.67. The predicted molar refractivity (Wildman–Crippen MR) is 89.3 cm³/mol. The molecule has 5 nitrogen and oxygen atoms in total. The van der Waals surface area contributed by atoms with Gasteiger partial charge in [0.15, 0.2) is 0 Å². The van der Waals surface area contributed by atoms with Crippen molar-refractivity contribution in [2.45, 2.75) is 33.1 Å². The summed E-state index contributed by atoms with van der Waals surface area (Å²) in [5, 5.41) is 8.10. The highest BCUT2D eigenvalue weighted by atomic mass is 16.2. The third kappa shape index (κ3) is 3.60. The van der Waals surface area contributed by atoms with Gasteiger partial charge in [-0.3, -0.25) is 4.79 Å². The van der Waals surface area contributed by atoms with Crippen LogP contribution in [0.3, 0.4) is 0 Å². The Balaban J connectivity index is 1.60. The fourth-order valence-electron chi connectivity index (χ4n) is 3.37. The number of piperidine rings is 1. The summed E-state index contributed by atoms with van der Waals surface area (Å²) in [5.74, 6) is 1.78. The maximum absolute atomic E-state index is 12.7. The highest BCUT2D eigenvalue weighted by Gasteiger charge is 2.24. The quantitative estimate of drug-likeness (QED) is 0.875. The molecule has 0 saturated carbocycles. The molecule has 1 aromatic heterocycles. The molecule has 0 unspecified atom stereocenters. The summed E-state index contributed by atoms with van der Waals surface area (Å²) >= 11 is 0. The topological polar surface area (TPSA) is 51.0 Å². The maximum Gasteiger partial charge on any atom is 0.253 e. The third-order valence-corrected chi connectivity index (χ3v) is 4.65. The van der Waals surface area contributed by atoms with Crippen LogP contribution in [0.5, 0.6) is 0 Å². The van der Waals surface area contributed by atoms with E-state index >= 15 is 0 Å². The fourth-order valence-corrected chi connectivity index (χ4v) is 3.37. The normalized spacial score (nSPS) is 15.9. The van der Waals surface area contributed by atoms with Gasteiger partial charge in [-0.2, -0.15) is 0 Å². The van der Waals surface area contributed by atoms with Crippen LogP contribution in [0.1, 0.15) is 40.2 Å². The fraction of sp³-hybridized carbons (Fsp3) is 0.500. The van der Waals surface area contributed by atoms with Crippen molar-refractivity contribution in [1.29, 1.82) is 0 Å². The number of benzene rings is 1. The standard InChI is InChI=1S/C18H24N4O/c1-13-8-14(2)10-16(9-13)18(23)22-6-4-15(5-7-22)11-17-20-19-12-21(17)3/h8-10,12,15H,4-7,11H2,1-3H3. The molecule has 1 aliphatic heterocycles. The number of likely N-dealkylation sites (tertiary alicyclic amines) is 1. The first-order chi connectivity index (χ1) is 11.0. The van der Waals surface area contributed by atoms with Gasteiger partial charge in [-0.25, -0.2) is 0 Å². The number of hydrogen-bond acceptors (Lipinski definition) is 3. The molecule has 2 heterocycles. The van der Waals surface area contributed by atoms with E-state index in [1.165, 1.54) is 0 Å².